The third kappa shape index (κ3) is 3.71. The summed E-state index contributed by atoms with van der Waals surface area (Å²) in [5.74, 6) is -0.185. The van der Waals surface area contributed by atoms with Crippen molar-refractivity contribution in [3.8, 4) is 0 Å². The van der Waals surface area contributed by atoms with E-state index in [2.05, 4.69) is 5.32 Å². The first kappa shape index (κ1) is 19.2. The third-order valence-corrected chi connectivity index (χ3v) is 7.83. The Balaban J connectivity index is 1.41. The Morgan fingerprint density at radius 1 is 1.04 bits per heavy atom. The zero-order valence-electron chi connectivity index (χ0n) is 16.1. The second-order valence-corrected chi connectivity index (χ2v) is 9.70. The molecule has 1 saturated heterocycles. The number of hydrogen-bond acceptors (Lipinski definition) is 3. The average Bonchev–Trinajstić information content (AvgIpc) is 3.17. The minimum Gasteiger partial charge on any atom is -0.326 e. The SMILES string of the molecule is Cc1ccccc1NC(=O)C1CCN(S(=O)(=O)c2ccc3c(c2)CCC3)CC1. The molecule has 0 saturated carbocycles. The Morgan fingerprint density at radius 2 is 1.75 bits per heavy atom. The lowest BCUT2D eigenvalue weighted by Gasteiger charge is -2.30. The number of nitrogens with one attached hydrogen (secondary N) is 1. The van der Waals surface area contributed by atoms with Gasteiger partial charge in [0.05, 0.1) is 4.90 Å². The lowest BCUT2D eigenvalue weighted by Crippen LogP contribution is -2.41. The zero-order chi connectivity index (χ0) is 19.7. The molecule has 1 aliphatic heterocycles. The van der Waals surface area contributed by atoms with Gasteiger partial charge in [-0.15, -0.1) is 0 Å². The van der Waals surface area contributed by atoms with E-state index in [0.29, 0.717) is 30.8 Å². The maximum atomic E-state index is 13.0. The van der Waals surface area contributed by atoms with Gasteiger partial charge in [0.1, 0.15) is 0 Å². The van der Waals surface area contributed by atoms with Gasteiger partial charge in [0, 0.05) is 24.7 Å². The van der Waals surface area contributed by atoms with E-state index in [1.165, 1.54) is 9.87 Å². The van der Waals surface area contributed by atoms with E-state index in [9.17, 15) is 13.2 Å². The molecule has 0 bridgehead atoms. The Hall–Kier alpha value is -2.18. The van der Waals surface area contributed by atoms with Crippen molar-refractivity contribution in [2.24, 2.45) is 5.92 Å². The summed E-state index contributed by atoms with van der Waals surface area (Å²) in [5, 5.41) is 2.99. The number of fused-ring (bicyclic) bond motifs is 1. The highest BCUT2D eigenvalue weighted by Crippen LogP contribution is 2.29. The molecule has 0 radical (unpaired) electrons. The van der Waals surface area contributed by atoms with Gasteiger partial charge in [-0.1, -0.05) is 24.3 Å². The van der Waals surface area contributed by atoms with Crippen LogP contribution >= 0.6 is 0 Å². The predicted octanol–water partition coefficient (Wildman–Crippen LogP) is 3.52. The molecule has 28 heavy (non-hydrogen) atoms. The zero-order valence-corrected chi connectivity index (χ0v) is 17.0. The first-order valence-corrected chi connectivity index (χ1v) is 11.4. The lowest BCUT2D eigenvalue weighted by molar-refractivity contribution is -0.120. The fraction of sp³-hybridized carbons (Fsp3) is 0.409. The maximum absolute atomic E-state index is 13.0. The first-order valence-electron chi connectivity index (χ1n) is 9.93. The molecule has 5 nitrogen and oxygen atoms in total. The topological polar surface area (TPSA) is 66.5 Å². The maximum Gasteiger partial charge on any atom is 0.243 e. The number of piperidine rings is 1. The molecule has 4 rings (SSSR count). The van der Waals surface area contributed by atoms with Crippen LogP contribution in [-0.4, -0.2) is 31.7 Å². The molecule has 0 aromatic heterocycles. The Bertz CT molecular complexity index is 993. The van der Waals surface area contributed by atoms with Gasteiger partial charge >= 0.3 is 0 Å². The molecule has 148 valence electrons. The van der Waals surface area contributed by atoms with Crippen molar-refractivity contribution in [3.63, 3.8) is 0 Å². The van der Waals surface area contributed by atoms with E-state index in [4.69, 9.17) is 0 Å². The number of sulfonamides is 1. The van der Waals surface area contributed by atoms with Crippen LogP contribution < -0.4 is 5.32 Å². The number of carbonyl (C=O) groups is 1. The number of rotatable bonds is 4. The van der Waals surface area contributed by atoms with Crippen LogP contribution in [0, 0.1) is 12.8 Å². The molecular formula is C22H26N2O3S. The quantitative estimate of drug-likeness (QED) is 0.857. The van der Waals surface area contributed by atoms with E-state index in [0.717, 1.165) is 36.1 Å². The highest BCUT2D eigenvalue weighted by molar-refractivity contribution is 7.89. The van der Waals surface area contributed by atoms with Crippen molar-refractivity contribution in [1.29, 1.82) is 0 Å². The fourth-order valence-corrected chi connectivity index (χ4v) is 5.68. The largest absolute Gasteiger partial charge is 0.326 e. The Kier molecular flexibility index (Phi) is 5.25. The van der Waals surface area contributed by atoms with Crippen molar-refractivity contribution >= 4 is 21.6 Å². The fourth-order valence-electron chi connectivity index (χ4n) is 4.16. The summed E-state index contributed by atoms with van der Waals surface area (Å²) in [5.41, 5.74) is 4.27. The summed E-state index contributed by atoms with van der Waals surface area (Å²) in [7, 11) is -3.50. The summed E-state index contributed by atoms with van der Waals surface area (Å²) in [6.07, 6.45) is 4.18. The van der Waals surface area contributed by atoms with Gasteiger partial charge in [-0.05, 0) is 73.9 Å². The third-order valence-electron chi connectivity index (χ3n) is 5.94. The van der Waals surface area contributed by atoms with Crippen LogP contribution in [0.2, 0.25) is 0 Å². The van der Waals surface area contributed by atoms with Gasteiger partial charge in [0.15, 0.2) is 0 Å². The molecule has 1 N–H and O–H groups in total. The Labute approximate surface area is 166 Å². The molecule has 1 aliphatic carbocycles. The smallest absolute Gasteiger partial charge is 0.243 e. The highest BCUT2D eigenvalue weighted by atomic mass is 32.2. The van der Waals surface area contributed by atoms with Crippen LogP contribution in [0.3, 0.4) is 0 Å². The van der Waals surface area contributed by atoms with Crippen LogP contribution in [-0.2, 0) is 27.7 Å². The molecule has 1 heterocycles. The van der Waals surface area contributed by atoms with Crippen LogP contribution in [0.1, 0.15) is 36.0 Å². The summed E-state index contributed by atoms with van der Waals surface area (Å²) in [4.78, 5) is 13.0. The monoisotopic (exact) mass is 398 g/mol. The predicted molar refractivity (Wildman–Crippen MR) is 110 cm³/mol. The second-order valence-electron chi connectivity index (χ2n) is 7.77. The molecule has 1 fully saturated rings. The van der Waals surface area contributed by atoms with Crippen molar-refractivity contribution < 1.29 is 13.2 Å². The molecule has 2 aliphatic rings. The van der Waals surface area contributed by atoms with E-state index in [-0.39, 0.29) is 11.8 Å². The lowest BCUT2D eigenvalue weighted by atomic mass is 9.97. The van der Waals surface area contributed by atoms with Gasteiger partial charge in [-0.25, -0.2) is 8.42 Å². The molecule has 6 heteroatoms. The number of carbonyl (C=O) groups excluding carboxylic acids is 1. The average molecular weight is 399 g/mol. The molecule has 1 amide bonds. The molecular weight excluding hydrogens is 372 g/mol. The van der Waals surface area contributed by atoms with Crippen molar-refractivity contribution in [2.75, 3.05) is 18.4 Å². The summed E-state index contributed by atoms with van der Waals surface area (Å²) in [6, 6.07) is 13.2. The summed E-state index contributed by atoms with van der Waals surface area (Å²) < 4.78 is 27.6. The minimum absolute atomic E-state index is 0.0242. The van der Waals surface area contributed by atoms with Crippen molar-refractivity contribution in [2.45, 2.75) is 43.9 Å². The molecule has 2 aromatic carbocycles. The number of hydrogen-bond donors (Lipinski definition) is 1. The van der Waals surface area contributed by atoms with Crippen LogP contribution in [0.25, 0.3) is 0 Å². The summed E-state index contributed by atoms with van der Waals surface area (Å²) >= 11 is 0. The molecule has 0 unspecified atom stereocenters. The van der Waals surface area contributed by atoms with Crippen LogP contribution in [0.15, 0.2) is 47.4 Å². The standard InChI is InChI=1S/C22H26N2O3S/c1-16-5-2-3-8-21(16)23-22(25)18-11-13-24(14-12-18)28(26,27)20-10-9-17-6-4-7-19(17)15-20/h2-3,5,8-10,15,18H,4,6-7,11-14H2,1H3,(H,23,25). The molecule has 2 aromatic rings. The first-order chi connectivity index (χ1) is 13.4. The summed E-state index contributed by atoms with van der Waals surface area (Å²) in [6.45, 7) is 2.72. The van der Waals surface area contributed by atoms with Gasteiger partial charge in [-0.3, -0.25) is 4.79 Å². The number of para-hydroxylation sites is 1. The number of aryl methyl sites for hydroxylation is 3. The number of nitrogens with zero attached hydrogens (tertiary/aromatic N) is 1. The van der Waals surface area contributed by atoms with E-state index in [1.54, 1.807) is 6.07 Å². The van der Waals surface area contributed by atoms with Crippen LogP contribution in [0.5, 0.6) is 0 Å². The molecule has 0 atom stereocenters. The van der Waals surface area contributed by atoms with Crippen LogP contribution in [0.4, 0.5) is 5.69 Å². The van der Waals surface area contributed by atoms with Crippen molar-refractivity contribution in [1.82, 2.24) is 4.31 Å². The van der Waals surface area contributed by atoms with Gasteiger partial charge in [-0.2, -0.15) is 4.31 Å². The number of benzene rings is 2. The van der Waals surface area contributed by atoms with Gasteiger partial charge < -0.3 is 5.32 Å². The number of amides is 1. The molecule has 0 spiro atoms. The van der Waals surface area contributed by atoms with E-state index >= 15 is 0 Å². The normalized spacial score (nSPS) is 18.0. The van der Waals surface area contributed by atoms with Gasteiger partial charge in [0.2, 0.25) is 15.9 Å². The Morgan fingerprint density at radius 3 is 2.50 bits per heavy atom. The van der Waals surface area contributed by atoms with Gasteiger partial charge in [0.25, 0.3) is 0 Å². The van der Waals surface area contributed by atoms with Crippen molar-refractivity contribution in [3.05, 3.63) is 59.2 Å². The second kappa shape index (κ2) is 7.68. The van der Waals surface area contributed by atoms with E-state index < -0.39 is 10.0 Å². The minimum atomic E-state index is -3.50. The van der Waals surface area contributed by atoms with E-state index in [1.807, 2.05) is 43.3 Å². The number of anilines is 1. The highest BCUT2D eigenvalue weighted by Gasteiger charge is 2.32.